The number of aliphatic hydroxyl groups excluding tert-OH is 1. The summed E-state index contributed by atoms with van der Waals surface area (Å²) in [5.41, 5.74) is 2.17. The molecule has 1 aromatic rings. The second-order valence-corrected chi connectivity index (χ2v) is 5.92. The van der Waals surface area contributed by atoms with Crippen molar-refractivity contribution in [2.24, 2.45) is 5.92 Å². The van der Waals surface area contributed by atoms with Crippen molar-refractivity contribution in [2.45, 2.75) is 32.3 Å². The van der Waals surface area contributed by atoms with Crippen LogP contribution in [0.3, 0.4) is 0 Å². The van der Waals surface area contributed by atoms with Gasteiger partial charge in [0, 0.05) is 18.1 Å². The normalized spacial score (nSPS) is 17.6. The van der Waals surface area contributed by atoms with Gasteiger partial charge in [0.25, 0.3) is 0 Å². The Morgan fingerprint density at radius 1 is 1.47 bits per heavy atom. The van der Waals surface area contributed by atoms with Gasteiger partial charge in [-0.2, -0.15) is 0 Å². The minimum atomic E-state index is -0.405. The molecule has 3 heteroatoms. The minimum Gasteiger partial charge on any atom is -0.389 e. The molecule has 0 heterocycles. The number of anilines is 1. The van der Waals surface area contributed by atoms with Crippen LogP contribution in [0.2, 0.25) is 0 Å². The Bertz CT molecular complexity index is 388. The molecule has 1 aliphatic rings. The molecule has 0 bridgehead atoms. The van der Waals surface area contributed by atoms with E-state index in [1.807, 2.05) is 12.1 Å². The van der Waals surface area contributed by atoms with Crippen LogP contribution in [0.4, 0.5) is 5.69 Å². The third kappa shape index (κ3) is 3.02. The van der Waals surface area contributed by atoms with Crippen LogP contribution in [0.1, 0.15) is 37.9 Å². The topological polar surface area (TPSA) is 23.5 Å². The van der Waals surface area contributed by atoms with E-state index in [9.17, 15) is 5.11 Å². The first-order valence-corrected chi connectivity index (χ1v) is 7.06. The van der Waals surface area contributed by atoms with Crippen LogP contribution in [-0.4, -0.2) is 18.7 Å². The number of benzene rings is 1. The Hall–Kier alpha value is -0.540. The van der Waals surface area contributed by atoms with E-state index in [0.717, 1.165) is 22.5 Å². The Kier molecular flexibility index (Phi) is 4.10. The average molecular weight is 298 g/mol. The zero-order chi connectivity index (χ0) is 12.4. The highest BCUT2D eigenvalue weighted by Crippen LogP contribution is 2.32. The van der Waals surface area contributed by atoms with E-state index >= 15 is 0 Å². The summed E-state index contributed by atoms with van der Waals surface area (Å²) in [6, 6.07) is 6.10. The summed E-state index contributed by atoms with van der Waals surface area (Å²) in [6.07, 6.45) is 3.72. The van der Waals surface area contributed by atoms with Gasteiger partial charge in [-0.1, -0.05) is 12.5 Å². The summed E-state index contributed by atoms with van der Waals surface area (Å²) < 4.78 is 1.07. The van der Waals surface area contributed by atoms with Crippen LogP contribution >= 0.6 is 15.9 Å². The van der Waals surface area contributed by atoms with Gasteiger partial charge in [-0.05, 0) is 59.3 Å². The van der Waals surface area contributed by atoms with E-state index in [-0.39, 0.29) is 0 Å². The fourth-order valence-electron chi connectivity index (χ4n) is 2.25. The van der Waals surface area contributed by atoms with Crippen molar-refractivity contribution in [1.82, 2.24) is 0 Å². The molecule has 0 spiro atoms. The molecule has 17 heavy (non-hydrogen) atoms. The van der Waals surface area contributed by atoms with Crippen LogP contribution < -0.4 is 4.90 Å². The quantitative estimate of drug-likeness (QED) is 0.915. The Morgan fingerprint density at radius 2 is 2.18 bits per heavy atom. The predicted molar refractivity (Wildman–Crippen MR) is 75.4 cm³/mol. The second kappa shape index (κ2) is 5.40. The van der Waals surface area contributed by atoms with Crippen molar-refractivity contribution in [3.05, 3.63) is 28.2 Å². The highest BCUT2D eigenvalue weighted by Gasteiger charge is 2.20. The molecule has 1 fully saturated rings. The maximum Gasteiger partial charge on any atom is 0.0762 e. The van der Waals surface area contributed by atoms with Crippen molar-refractivity contribution >= 4 is 21.6 Å². The maximum absolute atomic E-state index is 9.54. The molecular weight excluding hydrogens is 278 g/mol. The molecule has 0 aromatic heterocycles. The molecule has 1 saturated carbocycles. The fourth-order valence-corrected chi connectivity index (χ4v) is 2.95. The van der Waals surface area contributed by atoms with Gasteiger partial charge in [-0.3, -0.25) is 0 Å². The lowest BCUT2D eigenvalue weighted by molar-refractivity contribution is 0.199. The lowest BCUT2D eigenvalue weighted by Gasteiger charge is -2.32. The van der Waals surface area contributed by atoms with E-state index in [1.165, 1.54) is 24.9 Å². The van der Waals surface area contributed by atoms with Crippen LogP contribution in [0.15, 0.2) is 22.7 Å². The largest absolute Gasteiger partial charge is 0.389 e. The highest BCUT2D eigenvalue weighted by molar-refractivity contribution is 9.10. The predicted octanol–water partition coefficient (Wildman–Crippen LogP) is 3.74. The molecule has 1 unspecified atom stereocenters. The summed E-state index contributed by atoms with van der Waals surface area (Å²) in [4.78, 5) is 2.31. The molecule has 2 nitrogen and oxygen atoms in total. The molecule has 1 aliphatic carbocycles. The molecule has 0 amide bonds. The fraction of sp³-hybridized carbons (Fsp3) is 0.571. The first-order valence-electron chi connectivity index (χ1n) is 6.26. The molecule has 0 aliphatic heterocycles. The van der Waals surface area contributed by atoms with Crippen molar-refractivity contribution in [3.8, 4) is 0 Å². The monoisotopic (exact) mass is 297 g/mol. The summed E-state index contributed by atoms with van der Waals surface area (Å²) >= 11 is 3.59. The van der Waals surface area contributed by atoms with E-state index in [1.54, 1.807) is 6.92 Å². The first kappa shape index (κ1) is 12.9. The van der Waals surface area contributed by atoms with Gasteiger partial charge in [0.05, 0.1) is 11.8 Å². The summed E-state index contributed by atoms with van der Waals surface area (Å²) in [5, 5.41) is 9.54. The average Bonchev–Trinajstić information content (AvgIpc) is 2.22. The van der Waals surface area contributed by atoms with Crippen LogP contribution in [0.5, 0.6) is 0 Å². The first-order chi connectivity index (χ1) is 8.08. The van der Waals surface area contributed by atoms with Crippen molar-refractivity contribution in [1.29, 1.82) is 0 Å². The van der Waals surface area contributed by atoms with Crippen LogP contribution in [0, 0.1) is 5.92 Å². The number of hydrogen-bond acceptors (Lipinski definition) is 2. The molecule has 0 saturated heterocycles. The number of halogens is 1. The number of hydrogen-bond donors (Lipinski definition) is 1. The van der Waals surface area contributed by atoms with E-state index < -0.39 is 6.10 Å². The zero-order valence-corrected chi connectivity index (χ0v) is 12.1. The van der Waals surface area contributed by atoms with Gasteiger partial charge < -0.3 is 10.0 Å². The van der Waals surface area contributed by atoms with Gasteiger partial charge in [-0.15, -0.1) is 0 Å². The molecule has 0 radical (unpaired) electrons. The molecular formula is C14H20BrNO. The number of rotatable bonds is 4. The molecule has 1 atom stereocenters. The Labute approximate surface area is 112 Å². The van der Waals surface area contributed by atoms with Gasteiger partial charge in [0.1, 0.15) is 0 Å². The molecule has 1 aromatic carbocycles. The standard InChI is InChI=1S/C14H20BrNO/c1-10(17)12-6-7-14(13(15)8-12)16(2)9-11-4-3-5-11/h6-8,10-11,17H,3-5,9H2,1-2H3. The van der Waals surface area contributed by atoms with Gasteiger partial charge in [0.2, 0.25) is 0 Å². The van der Waals surface area contributed by atoms with Crippen molar-refractivity contribution < 1.29 is 5.11 Å². The summed E-state index contributed by atoms with van der Waals surface area (Å²) in [7, 11) is 2.14. The summed E-state index contributed by atoms with van der Waals surface area (Å²) in [5.74, 6) is 0.864. The van der Waals surface area contributed by atoms with Crippen LogP contribution in [0.25, 0.3) is 0 Å². The Balaban J connectivity index is 2.08. The number of aliphatic hydroxyl groups is 1. The van der Waals surface area contributed by atoms with Crippen LogP contribution in [-0.2, 0) is 0 Å². The highest BCUT2D eigenvalue weighted by atomic mass is 79.9. The second-order valence-electron chi connectivity index (χ2n) is 5.06. The zero-order valence-electron chi connectivity index (χ0n) is 10.5. The molecule has 2 rings (SSSR count). The van der Waals surface area contributed by atoms with Crippen molar-refractivity contribution in [3.63, 3.8) is 0 Å². The van der Waals surface area contributed by atoms with E-state index in [4.69, 9.17) is 0 Å². The minimum absolute atomic E-state index is 0.405. The number of nitrogens with zero attached hydrogens (tertiary/aromatic N) is 1. The molecule has 1 N–H and O–H groups in total. The lowest BCUT2D eigenvalue weighted by Crippen LogP contribution is -2.29. The Morgan fingerprint density at radius 3 is 2.65 bits per heavy atom. The maximum atomic E-state index is 9.54. The van der Waals surface area contributed by atoms with Gasteiger partial charge >= 0.3 is 0 Å². The lowest BCUT2D eigenvalue weighted by atomic mass is 9.85. The van der Waals surface area contributed by atoms with Gasteiger partial charge in [0.15, 0.2) is 0 Å². The third-order valence-corrected chi connectivity index (χ3v) is 4.26. The molecule has 94 valence electrons. The summed E-state index contributed by atoms with van der Waals surface area (Å²) in [6.45, 7) is 2.92. The SMILES string of the molecule is CC(O)c1ccc(N(C)CC2CCC2)c(Br)c1. The van der Waals surface area contributed by atoms with Crippen molar-refractivity contribution in [2.75, 3.05) is 18.5 Å². The van der Waals surface area contributed by atoms with E-state index in [2.05, 4.69) is 33.9 Å². The van der Waals surface area contributed by atoms with Gasteiger partial charge in [-0.25, -0.2) is 0 Å². The van der Waals surface area contributed by atoms with E-state index in [0.29, 0.717) is 0 Å². The smallest absolute Gasteiger partial charge is 0.0762 e. The third-order valence-electron chi connectivity index (χ3n) is 3.62.